The lowest BCUT2D eigenvalue weighted by atomic mass is 9.87. The van der Waals surface area contributed by atoms with E-state index in [2.05, 4.69) is 60.6 Å². The van der Waals surface area contributed by atoms with Crippen LogP contribution in [-0.2, 0) is 21.5 Å². The molecule has 9 heteroatoms. The molecule has 4 rings (SSSR count). The first-order valence-corrected chi connectivity index (χ1v) is 14.2. The minimum absolute atomic E-state index is 0.0720. The third-order valence-electron chi connectivity index (χ3n) is 6.17. The minimum atomic E-state index is -0.488. The number of esters is 1. The SMILES string of the molecule is CCn1c(SCC(=O)Nc2scc(-c3ccc(C)cc3)c2C(=O)OC)nnc1-c1ccc(C(C)(C)C)cc1. The van der Waals surface area contributed by atoms with E-state index in [0.717, 1.165) is 28.1 Å². The molecule has 2 aromatic heterocycles. The van der Waals surface area contributed by atoms with Gasteiger partial charge in [0.1, 0.15) is 10.6 Å². The Balaban J connectivity index is 1.49. The van der Waals surface area contributed by atoms with E-state index in [-0.39, 0.29) is 17.1 Å². The van der Waals surface area contributed by atoms with E-state index in [4.69, 9.17) is 4.74 Å². The van der Waals surface area contributed by atoms with Crippen molar-refractivity contribution in [2.75, 3.05) is 18.2 Å². The van der Waals surface area contributed by atoms with E-state index < -0.39 is 5.97 Å². The summed E-state index contributed by atoms with van der Waals surface area (Å²) in [5.74, 6) is 0.168. The topological polar surface area (TPSA) is 86.1 Å². The highest BCUT2D eigenvalue weighted by Crippen LogP contribution is 2.36. The van der Waals surface area contributed by atoms with Gasteiger partial charge in [-0.1, -0.05) is 86.6 Å². The van der Waals surface area contributed by atoms with Crippen LogP contribution in [0.3, 0.4) is 0 Å². The fraction of sp³-hybridized carbons (Fsp3) is 0.310. The Labute approximate surface area is 231 Å². The highest BCUT2D eigenvalue weighted by Gasteiger charge is 2.23. The number of aryl methyl sites for hydroxylation is 1. The van der Waals surface area contributed by atoms with Crippen LogP contribution in [0.1, 0.15) is 49.2 Å². The number of ether oxygens (including phenoxy) is 1. The zero-order valence-electron chi connectivity index (χ0n) is 22.5. The molecule has 0 unspecified atom stereocenters. The number of nitrogens with one attached hydrogen (secondary N) is 1. The second-order valence-corrected chi connectivity index (χ2v) is 11.7. The summed E-state index contributed by atoms with van der Waals surface area (Å²) >= 11 is 2.62. The molecule has 0 bridgehead atoms. The zero-order chi connectivity index (χ0) is 27.4. The molecule has 0 aliphatic carbocycles. The summed E-state index contributed by atoms with van der Waals surface area (Å²) in [5.41, 5.74) is 5.41. The molecule has 0 atom stereocenters. The summed E-state index contributed by atoms with van der Waals surface area (Å²) in [5, 5.41) is 14.6. The molecular formula is C29H32N4O3S2. The molecule has 2 heterocycles. The van der Waals surface area contributed by atoms with Gasteiger partial charge in [0.2, 0.25) is 5.91 Å². The number of aromatic nitrogens is 3. The van der Waals surface area contributed by atoms with Gasteiger partial charge in [0.15, 0.2) is 11.0 Å². The van der Waals surface area contributed by atoms with Gasteiger partial charge in [-0.25, -0.2) is 4.79 Å². The maximum absolute atomic E-state index is 12.9. The number of benzene rings is 2. The van der Waals surface area contributed by atoms with Crippen molar-refractivity contribution in [1.29, 1.82) is 0 Å². The lowest BCUT2D eigenvalue weighted by Gasteiger charge is -2.19. The molecule has 0 saturated heterocycles. The van der Waals surface area contributed by atoms with E-state index in [1.165, 1.54) is 35.8 Å². The van der Waals surface area contributed by atoms with Crippen LogP contribution in [0.4, 0.5) is 5.00 Å². The second-order valence-electron chi connectivity index (χ2n) is 9.93. The minimum Gasteiger partial charge on any atom is -0.465 e. The predicted molar refractivity (Wildman–Crippen MR) is 155 cm³/mol. The number of carbonyl (C=O) groups excluding carboxylic acids is 2. The number of nitrogens with zero attached hydrogens (tertiary/aromatic N) is 3. The molecule has 7 nitrogen and oxygen atoms in total. The van der Waals surface area contributed by atoms with Crippen molar-refractivity contribution in [3.05, 3.63) is 70.6 Å². The molecule has 38 heavy (non-hydrogen) atoms. The lowest BCUT2D eigenvalue weighted by molar-refractivity contribution is -0.113. The molecule has 1 N–H and O–H groups in total. The Hall–Kier alpha value is -3.43. The quantitative estimate of drug-likeness (QED) is 0.192. The Morgan fingerprint density at radius 2 is 1.68 bits per heavy atom. The van der Waals surface area contributed by atoms with Crippen molar-refractivity contribution in [1.82, 2.24) is 14.8 Å². The van der Waals surface area contributed by atoms with Crippen molar-refractivity contribution >= 4 is 40.0 Å². The van der Waals surface area contributed by atoms with E-state index in [0.29, 0.717) is 22.3 Å². The third kappa shape index (κ3) is 6.00. The van der Waals surface area contributed by atoms with Crippen LogP contribution < -0.4 is 5.32 Å². The number of hydrogen-bond donors (Lipinski definition) is 1. The summed E-state index contributed by atoms with van der Waals surface area (Å²) in [6.07, 6.45) is 0. The van der Waals surface area contributed by atoms with Gasteiger partial charge in [-0.15, -0.1) is 21.5 Å². The van der Waals surface area contributed by atoms with Crippen molar-refractivity contribution in [2.24, 2.45) is 0 Å². The predicted octanol–water partition coefficient (Wildman–Crippen LogP) is 6.82. The van der Waals surface area contributed by atoms with Crippen LogP contribution in [0.25, 0.3) is 22.5 Å². The van der Waals surface area contributed by atoms with Gasteiger partial charge in [0.25, 0.3) is 0 Å². The molecule has 0 fully saturated rings. The maximum atomic E-state index is 12.9. The largest absolute Gasteiger partial charge is 0.465 e. The molecule has 2 aromatic carbocycles. The van der Waals surface area contributed by atoms with E-state index in [1.54, 1.807) is 0 Å². The highest BCUT2D eigenvalue weighted by molar-refractivity contribution is 7.99. The van der Waals surface area contributed by atoms with Gasteiger partial charge in [-0.05, 0) is 30.4 Å². The van der Waals surface area contributed by atoms with Gasteiger partial charge < -0.3 is 14.6 Å². The number of anilines is 1. The number of methoxy groups -OCH3 is 1. The molecule has 198 valence electrons. The van der Waals surface area contributed by atoms with E-state index >= 15 is 0 Å². The number of carbonyl (C=O) groups is 2. The maximum Gasteiger partial charge on any atom is 0.341 e. The number of amides is 1. The third-order valence-corrected chi connectivity index (χ3v) is 8.03. The van der Waals surface area contributed by atoms with Crippen molar-refractivity contribution in [3.63, 3.8) is 0 Å². The first-order valence-electron chi connectivity index (χ1n) is 12.4. The fourth-order valence-corrected chi connectivity index (χ4v) is 5.78. The zero-order valence-corrected chi connectivity index (χ0v) is 24.1. The molecule has 0 spiro atoms. The Kier molecular flexibility index (Phi) is 8.38. The summed E-state index contributed by atoms with van der Waals surface area (Å²) < 4.78 is 7.03. The highest BCUT2D eigenvalue weighted by atomic mass is 32.2. The van der Waals surface area contributed by atoms with Crippen LogP contribution in [-0.4, -0.2) is 39.5 Å². The molecule has 0 aliphatic heterocycles. The molecule has 0 aliphatic rings. The average molecular weight is 549 g/mol. The van der Waals surface area contributed by atoms with Crippen LogP contribution >= 0.6 is 23.1 Å². The number of thioether (sulfide) groups is 1. The Morgan fingerprint density at radius 1 is 1.03 bits per heavy atom. The van der Waals surface area contributed by atoms with E-state index in [1.807, 2.05) is 48.1 Å². The van der Waals surface area contributed by atoms with E-state index in [9.17, 15) is 9.59 Å². The standard InChI is InChI=1S/C29H32N4O3S2/c1-7-33-25(20-12-14-21(15-13-20)29(3,4)5)31-32-28(33)38-17-23(34)30-26-24(27(35)36-6)22(16-37-26)19-10-8-18(2)9-11-19/h8-16H,7,17H2,1-6H3,(H,30,34). The number of hydrogen-bond acceptors (Lipinski definition) is 7. The monoisotopic (exact) mass is 548 g/mol. The van der Waals surface area contributed by atoms with Crippen LogP contribution in [0, 0.1) is 6.92 Å². The van der Waals surface area contributed by atoms with Gasteiger partial charge in [0.05, 0.1) is 12.9 Å². The molecule has 0 saturated carbocycles. The molecule has 0 radical (unpaired) electrons. The fourth-order valence-electron chi connectivity index (χ4n) is 4.01. The average Bonchev–Trinajstić information content (AvgIpc) is 3.51. The van der Waals surface area contributed by atoms with Crippen molar-refractivity contribution in [2.45, 2.75) is 51.7 Å². The van der Waals surface area contributed by atoms with Gasteiger partial charge in [-0.2, -0.15) is 0 Å². The van der Waals surface area contributed by atoms with Gasteiger partial charge >= 0.3 is 5.97 Å². The van der Waals surface area contributed by atoms with Crippen LogP contribution in [0.15, 0.2) is 59.1 Å². The van der Waals surface area contributed by atoms with Crippen molar-refractivity contribution in [3.8, 4) is 22.5 Å². The summed E-state index contributed by atoms with van der Waals surface area (Å²) in [6, 6.07) is 16.3. The first-order chi connectivity index (χ1) is 18.1. The summed E-state index contributed by atoms with van der Waals surface area (Å²) in [6.45, 7) is 11.3. The van der Waals surface area contributed by atoms with Gasteiger partial charge in [0, 0.05) is 23.1 Å². The molecule has 1 amide bonds. The van der Waals surface area contributed by atoms with Crippen molar-refractivity contribution < 1.29 is 14.3 Å². The number of thiophene rings is 1. The lowest BCUT2D eigenvalue weighted by Crippen LogP contribution is -2.16. The smallest absolute Gasteiger partial charge is 0.341 e. The normalized spacial score (nSPS) is 11.4. The van der Waals surface area contributed by atoms with Crippen LogP contribution in [0.2, 0.25) is 0 Å². The summed E-state index contributed by atoms with van der Waals surface area (Å²) in [7, 11) is 1.34. The van der Waals surface area contributed by atoms with Crippen LogP contribution in [0.5, 0.6) is 0 Å². The molecular weight excluding hydrogens is 516 g/mol. The van der Waals surface area contributed by atoms with Gasteiger partial charge in [-0.3, -0.25) is 4.79 Å². The summed E-state index contributed by atoms with van der Waals surface area (Å²) in [4.78, 5) is 25.5. The Morgan fingerprint density at radius 3 is 2.29 bits per heavy atom. The Bertz CT molecular complexity index is 1430. The number of rotatable bonds is 8. The first kappa shape index (κ1) is 27.6. The second kappa shape index (κ2) is 11.5. The molecule has 4 aromatic rings.